The van der Waals surface area contributed by atoms with Crippen molar-refractivity contribution in [3.8, 4) is 51.0 Å². The summed E-state index contributed by atoms with van der Waals surface area (Å²) in [6.45, 7) is -0.834. The number of nitrogens with zero attached hydrogens (tertiary/aromatic N) is 6. The van der Waals surface area contributed by atoms with Crippen molar-refractivity contribution in [2.75, 3.05) is 39.4 Å². The van der Waals surface area contributed by atoms with Gasteiger partial charge in [-0.1, -0.05) is 60.7 Å². The number of imidazole rings is 1. The number of nitrogens with one attached hydrogen (secondary N) is 2. The van der Waals surface area contributed by atoms with Gasteiger partial charge in [-0.2, -0.15) is 9.10 Å². The molecular weight excluding hydrogens is 851 g/mol. The average Bonchev–Trinajstić information content (AvgIpc) is 3.95. The van der Waals surface area contributed by atoms with Gasteiger partial charge in [0.05, 0.1) is 56.0 Å². The van der Waals surface area contributed by atoms with Crippen molar-refractivity contribution in [3.63, 3.8) is 0 Å². The fourth-order valence-electron chi connectivity index (χ4n) is 6.80. The molecule has 7 rings (SSSR count). The number of sulfonamides is 1. The number of aromatic amines is 1. The molecule has 2 heterocycles. The summed E-state index contributed by atoms with van der Waals surface area (Å²) < 4.78 is 77.8. The molecule has 0 saturated carbocycles. The Morgan fingerprint density at radius 3 is 1.90 bits per heavy atom. The van der Waals surface area contributed by atoms with Crippen LogP contribution in [0.5, 0.6) is 17.2 Å². The Morgan fingerprint density at radius 1 is 0.794 bits per heavy atom. The fraction of sp³-hybridized carbons (Fsp3) is 0.186. The second-order valence-electron chi connectivity index (χ2n) is 14.1. The van der Waals surface area contributed by atoms with Crippen LogP contribution >= 0.6 is 0 Å². The highest BCUT2D eigenvalue weighted by Crippen LogP contribution is 2.42. The third kappa shape index (κ3) is 10.1. The van der Waals surface area contributed by atoms with Crippen molar-refractivity contribution in [1.29, 1.82) is 0 Å². The van der Waals surface area contributed by atoms with Gasteiger partial charge < -0.3 is 35.4 Å². The van der Waals surface area contributed by atoms with Crippen LogP contribution in [0.15, 0.2) is 125 Å². The first-order valence-electron chi connectivity index (χ1n) is 19.2. The highest BCUT2D eigenvalue weighted by molar-refractivity contribution is 7.93. The Labute approximate surface area is 363 Å². The number of sulfone groups is 1. The SMILES string of the molecule is COc1ccc(CN(Cc2ccc(OC)cc2)S(=O)(=O)c2c(S(=O)(=O)CCNC(=O)O)ccc(-c3cccc(-c4cnc(N)[nH]4)c3)c2-c2nnn(Cc3ccc(OC)cc3)n2)cc1. The number of nitrogen functional groups attached to an aromatic ring is 1. The summed E-state index contributed by atoms with van der Waals surface area (Å²) in [5.74, 6) is 0.948. The molecule has 0 fully saturated rings. The monoisotopic (exact) mass is 893 g/mol. The smallest absolute Gasteiger partial charge is 0.404 e. The fourth-order valence-corrected chi connectivity index (χ4v) is 10.4. The van der Waals surface area contributed by atoms with Gasteiger partial charge in [0.15, 0.2) is 15.8 Å². The van der Waals surface area contributed by atoms with Gasteiger partial charge in [0, 0.05) is 25.2 Å². The molecular formula is C43H43N9O9S2. The maximum absolute atomic E-state index is 15.8. The zero-order valence-corrected chi connectivity index (χ0v) is 35.9. The number of hydrogen-bond acceptors (Lipinski definition) is 13. The number of ether oxygens (including phenoxy) is 3. The largest absolute Gasteiger partial charge is 0.497 e. The summed E-state index contributed by atoms with van der Waals surface area (Å²) in [4.78, 5) is 18.6. The Hall–Kier alpha value is -7.29. The lowest BCUT2D eigenvalue weighted by molar-refractivity contribution is 0.195. The number of amides is 1. The van der Waals surface area contributed by atoms with E-state index in [2.05, 4.69) is 30.7 Å². The molecule has 5 N–H and O–H groups in total. The Bertz CT molecular complexity index is 2890. The number of carboxylic acid groups (broad SMARTS) is 1. The van der Waals surface area contributed by atoms with Gasteiger partial charge in [0.2, 0.25) is 15.8 Å². The van der Waals surface area contributed by atoms with E-state index in [0.717, 1.165) is 5.56 Å². The molecule has 0 aliphatic rings. The van der Waals surface area contributed by atoms with Crippen molar-refractivity contribution in [2.24, 2.45) is 0 Å². The first-order chi connectivity index (χ1) is 30.3. The highest BCUT2D eigenvalue weighted by atomic mass is 32.2. The van der Waals surface area contributed by atoms with Crippen LogP contribution in [-0.4, -0.2) is 96.1 Å². The number of anilines is 1. The summed E-state index contributed by atoms with van der Waals surface area (Å²) in [5, 5.41) is 24.7. The topological polar surface area (TPSA) is 247 Å². The molecule has 63 heavy (non-hydrogen) atoms. The second-order valence-corrected chi connectivity index (χ2v) is 18.0. The number of benzene rings is 5. The highest BCUT2D eigenvalue weighted by Gasteiger charge is 2.38. The summed E-state index contributed by atoms with van der Waals surface area (Å²) >= 11 is 0. The quantitative estimate of drug-likeness (QED) is 0.0833. The van der Waals surface area contributed by atoms with Crippen molar-refractivity contribution in [1.82, 2.24) is 39.8 Å². The zero-order chi connectivity index (χ0) is 44.7. The maximum Gasteiger partial charge on any atom is 0.404 e. The molecule has 0 unspecified atom stereocenters. The molecule has 0 aliphatic carbocycles. The van der Waals surface area contributed by atoms with E-state index in [9.17, 15) is 18.3 Å². The van der Waals surface area contributed by atoms with E-state index >= 15 is 8.42 Å². The normalized spacial score (nSPS) is 11.7. The minimum atomic E-state index is -4.92. The number of tetrazole rings is 1. The van der Waals surface area contributed by atoms with Crippen LogP contribution in [0.1, 0.15) is 16.7 Å². The van der Waals surface area contributed by atoms with Crippen LogP contribution in [0.25, 0.3) is 33.8 Å². The van der Waals surface area contributed by atoms with E-state index in [1.807, 2.05) is 12.1 Å². The Kier molecular flexibility index (Phi) is 13.0. The molecule has 0 bridgehead atoms. The molecule has 326 valence electrons. The molecule has 2 aromatic heterocycles. The van der Waals surface area contributed by atoms with Gasteiger partial charge in [0.1, 0.15) is 22.1 Å². The van der Waals surface area contributed by atoms with Gasteiger partial charge >= 0.3 is 6.09 Å². The molecule has 1 amide bonds. The molecule has 20 heteroatoms. The number of H-pyrrole nitrogens is 1. The minimum Gasteiger partial charge on any atom is -0.497 e. The molecule has 0 spiro atoms. The number of methoxy groups -OCH3 is 3. The lowest BCUT2D eigenvalue weighted by Crippen LogP contribution is -2.33. The first-order valence-corrected chi connectivity index (χ1v) is 22.3. The van der Waals surface area contributed by atoms with E-state index in [0.29, 0.717) is 45.2 Å². The molecule has 0 aliphatic heterocycles. The summed E-state index contributed by atoms with van der Waals surface area (Å²) in [6, 6.07) is 30.5. The molecule has 18 nitrogen and oxygen atoms in total. The maximum atomic E-state index is 15.8. The predicted octanol–water partition coefficient (Wildman–Crippen LogP) is 5.49. The van der Waals surface area contributed by atoms with Gasteiger partial charge in [0.25, 0.3) is 0 Å². The molecule has 0 atom stereocenters. The van der Waals surface area contributed by atoms with Gasteiger partial charge in [-0.15, -0.1) is 10.2 Å². The van der Waals surface area contributed by atoms with Crippen LogP contribution in [0, 0.1) is 0 Å². The van der Waals surface area contributed by atoms with Crippen molar-refractivity contribution >= 4 is 31.9 Å². The Balaban J connectivity index is 1.49. The minimum absolute atomic E-state index is 0.116. The van der Waals surface area contributed by atoms with Gasteiger partial charge in [-0.05, 0) is 81.6 Å². The molecule has 0 radical (unpaired) electrons. The summed E-state index contributed by atoms with van der Waals surface area (Å²) in [5.41, 5.74) is 9.58. The van der Waals surface area contributed by atoms with Crippen molar-refractivity contribution in [3.05, 3.63) is 132 Å². The number of rotatable bonds is 18. The standard InChI is InChI=1S/C43H43N9O9S2/c1-59-33-13-7-28(8-14-33)25-51(26-29-9-15-34(60-2)16-10-29)63(57,58)40-38(62(55,56)22-21-45-43(53)54)20-19-36(31-5-4-6-32(23-31)37-24-46-42(44)47-37)39(40)41-48-50-52(49-41)27-30-11-17-35(61-3)18-12-30/h4-20,23-24,45H,21-22,25-27H2,1-3H3,(H,53,54)(H3,44,46,47). The lowest BCUT2D eigenvalue weighted by Gasteiger charge is -2.26. The Morgan fingerprint density at radius 2 is 1.37 bits per heavy atom. The third-order valence-corrected chi connectivity index (χ3v) is 13.7. The lowest BCUT2D eigenvalue weighted by atomic mass is 9.97. The van der Waals surface area contributed by atoms with Crippen LogP contribution < -0.4 is 25.3 Å². The average molecular weight is 894 g/mol. The van der Waals surface area contributed by atoms with Crippen LogP contribution in [0.4, 0.5) is 10.7 Å². The number of nitrogens with two attached hydrogens (primary N) is 1. The van der Waals surface area contributed by atoms with Crippen molar-refractivity contribution < 1.29 is 40.9 Å². The first kappa shape index (κ1) is 43.8. The van der Waals surface area contributed by atoms with Crippen LogP contribution in [-0.2, 0) is 39.5 Å². The van der Waals surface area contributed by atoms with E-state index in [1.165, 1.54) is 35.5 Å². The summed E-state index contributed by atoms with van der Waals surface area (Å²) in [7, 11) is -4.92. The molecule has 0 saturated heterocycles. The van der Waals surface area contributed by atoms with Gasteiger partial charge in [-0.3, -0.25) is 0 Å². The van der Waals surface area contributed by atoms with Crippen LogP contribution in [0.2, 0.25) is 0 Å². The second kappa shape index (κ2) is 18.8. The molecule has 7 aromatic rings. The van der Waals surface area contributed by atoms with E-state index in [4.69, 9.17) is 19.9 Å². The summed E-state index contributed by atoms with van der Waals surface area (Å²) in [6.07, 6.45) is 0.102. The van der Waals surface area contributed by atoms with E-state index in [-0.39, 0.29) is 42.5 Å². The molecule has 5 aromatic carbocycles. The van der Waals surface area contributed by atoms with Crippen LogP contribution in [0.3, 0.4) is 0 Å². The van der Waals surface area contributed by atoms with Gasteiger partial charge in [-0.25, -0.2) is 26.6 Å². The number of carbonyl (C=O) groups is 1. The zero-order valence-electron chi connectivity index (χ0n) is 34.3. The van der Waals surface area contributed by atoms with E-state index < -0.39 is 48.0 Å². The van der Waals surface area contributed by atoms with E-state index in [1.54, 1.807) is 98.2 Å². The number of aromatic nitrogens is 6. The van der Waals surface area contributed by atoms with Crippen molar-refractivity contribution in [2.45, 2.75) is 29.4 Å². The third-order valence-electron chi connectivity index (χ3n) is 9.98. The number of hydrogen-bond donors (Lipinski definition) is 4. The predicted molar refractivity (Wildman–Crippen MR) is 233 cm³/mol.